The monoisotopic (exact) mass is 792 g/mol. The van der Waals surface area contributed by atoms with Crippen LogP contribution >= 0.6 is 39.5 Å². The van der Waals surface area contributed by atoms with Gasteiger partial charge in [-0.2, -0.15) is 0 Å². The van der Waals surface area contributed by atoms with Gasteiger partial charge in [0.1, 0.15) is 4.58 Å². The molecule has 1 aliphatic heterocycles. The molecule has 1 aromatic rings. The van der Waals surface area contributed by atoms with E-state index in [1.54, 1.807) is 23.5 Å². The molecule has 5 nitrogen and oxygen atoms in total. The molecule has 1 heterocycles. The molecule has 0 aliphatic carbocycles. The van der Waals surface area contributed by atoms with Gasteiger partial charge in [0.25, 0.3) is 0 Å². The lowest BCUT2D eigenvalue weighted by Crippen LogP contribution is -2.59. The summed E-state index contributed by atoms with van der Waals surface area (Å²) in [7, 11) is -6.96. The Hall–Kier alpha value is 0.561. The Labute approximate surface area is 302 Å². The lowest BCUT2D eigenvalue weighted by atomic mass is 10.0. The second-order valence-corrected chi connectivity index (χ2v) is 35.3. The highest BCUT2D eigenvalue weighted by atomic mass is 79.9. The van der Waals surface area contributed by atoms with E-state index in [0.717, 1.165) is 28.0 Å². The molecule has 1 aliphatic rings. The van der Waals surface area contributed by atoms with E-state index < -0.39 is 37.2 Å². The Morgan fingerprint density at radius 3 is 1.65 bits per heavy atom. The zero-order chi connectivity index (χ0) is 35.4. The van der Waals surface area contributed by atoms with E-state index in [1.165, 1.54) is 0 Å². The lowest BCUT2D eigenvalue weighted by molar-refractivity contribution is -0.123. The van der Waals surface area contributed by atoms with Crippen molar-refractivity contribution < 1.29 is 22.8 Å². The molecule has 1 aromatic carbocycles. The van der Waals surface area contributed by atoms with Crippen LogP contribution in [0.4, 0.5) is 0 Å². The van der Waals surface area contributed by atoms with Crippen molar-refractivity contribution in [1.29, 1.82) is 0 Å². The van der Waals surface area contributed by atoms with E-state index in [9.17, 15) is 4.79 Å². The van der Waals surface area contributed by atoms with Crippen LogP contribution < -0.4 is 0 Å². The normalized spacial score (nSPS) is 18.3. The molecular weight excluding hydrogens is 729 g/mol. The van der Waals surface area contributed by atoms with Gasteiger partial charge in [-0.1, -0.05) is 90.4 Å². The number of carbonyl (C=O) groups excluding carboxylic acids is 1. The summed E-state index contributed by atoms with van der Waals surface area (Å²) in [6.07, 6.45) is 0.201. The summed E-state index contributed by atoms with van der Waals surface area (Å²) in [5, 5.41) is -0.0802. The molecule has 0 amide bonds. The largest absolute Gasteiger partial charge is 0.411 e. The van der Waals surface area contributed by atoms with Crippen LogP contribution in [-0.2, 0) is 29.4 Å². The number of rotatable bonds is 15. The fourth-order valence-electron chi connectivity index (χ4n) is 4.28. The van der Waals surface area contributed by atoms with Crippen LogP contribution in [0.5, 0.6) is 0 Å². The summed E-state index contributed by atoms with van der Waals surface area (Å²) in [6, 6.07) is 8.25. The van der Waals surface area contributed by atoms with Crippen molar-refractivity contribution in [2.75, 3.05) is 18.1 Å². The predicted octanol–water partition coefficient (Wildman–Crippen LogP) is 11.3. The Balaban J connectivity index is 2.67. The molecule has 0 N–H and O–H groups in total. The van der Waals surface area contributed by atoms with Gasteiger partial charge in [-0.3, -0.25) is 4.79 Å². The van der Waals surface area contributed by atoms with Gasteiger partial charge < -0.3 is 18.0 Å². The molecule has 1 saturated heterocycles. The van der Waals surface area contributed by atoms with Crippen molar-refractivity contribution in [2.45, 2.75) is 159 Å². The van der Waals surface area contributed by atoms with Gasteiger partial charge in [0.05, 0.1) is 31.5 Å². The van der Waals surface area contributed by atoms with Gasteiger partial charge in [0, 0.05) is 10.9 Å². The number of ether oxygens (including phenoxy) is 1. The molecular formula is C35H65BrO5S2Si3. The number of thioether (sulfide) groups is 2. The maximum absolute atomic E-state index is 14.1. The Bertz CT molecular complexity index is 1110. The number of hydrogen-bond donors (Lipinski definition) is 0. The average Bonchev–Trinajstić information content (AvgIpc) is 2.90. The molecule has 0 unspecified atom stereocenters. The number of carbonyl (C=O) groups is 1. The van der Waals surface area contributed by atoms with Gasteiger partial charge >= 0.3 is 0 Å². The first-order valence-electron chi connectivity index (χ1n) is 16.9. The second-order valence-electron chi connectivity index (χ2n) is 17.4. The molecule has 0 spiro atoms. The molecule has 46 heavy (non-hydrogen) atoms. The van der Waals surface area contributed by atoms with Gasteiger partial charge in [0.2, 0.25) is 0 Å². The first-order chi connectivity index (χ1) is 20.8. The molecule has 2 rings (SSSR count). The van der Waals surface area contributed by atoms with E-state index in [2.05, 4.69) is 130 Å². The highest BCUT2D eigenvalue weighted by molar-refractivity contribution is 9.10. The molecule has 1 fully saturated rings. The number of halogens is 1. The summed E-state index contributed by atoms with van der Waals surface area (Å²) >= 11 is 7.11. The third-order valence-electron chi connectivity index (χ3n) is 10.4. The smallest absolute Gasteiger partial charge is 0.192 e. The maximum atomic E-state index is 14.1. The zero-order valence-corrected chi connectivity index (χ0v) is 37.8. The van der Waals surface area contributed by atoms with Crippen molar-refractivity contribution in [3.8, 4) is 0 Å². The third-order valence-corrected chi connectivity index (χ3v) is 27.4. The lowest BCUT2D eigenvalue weighted by Gasteiger charge is -2.49. The minimum Gasteiger partial charge on any atom is -0.411 e. The minimum atomic E-state index is -2.35. The van der Waals surface area contributed by atoms with Crippen molar-refractivity contribution >= 4 is 70.2 Å². The average molecular weight is 794 g/mol. The third kappa shape index (κ3) is 12.4. The number of Topliss-reactive ketones (excluding diaryl/α,β-unsaturated/α-hetero) is 1. The van der Waals surface area contributed by atoms with Crippen LogP contribution in [0.2, 0.25) is 54.4 Å². The fraction of sp³-hybridized carbons (Fsp3) is 0.800. The minimum absolute atomic E-state index is 0.0144. The van der Waals surface area contributed by atoms with Crippen molar-refractivity contribution in [1.82, 2.24) is 0 Å². The summed E-state index contributed by atoms with van der Waals surface area (Å²) in [4.78, 5) is 14.1. The quantitative estimate of drug-likeness (QED) is 0.164. The van der Waals surface area contributed by atoms with E-state index in [1.807, 2.05) is 12.1 Å². The van der Waals surface area contributed by atoms with Crippen LogP contribution in [-0.4, -0.2) is 71.7 Å². The van der Waals surface area contributed by atoms with E-state index in [-0.39, 0.29) is 31.6 Å². The summed E-state index contributed by atoms with van der Waals surface area (Å²) in [6.45, 7) is 35.0. The Morgan fingerprint density at radius 1 is 0.761 bits per heavy atom. The van der Waals surface area contributed by atoms with Crippen LogP contribution in [0.1, 0.15) is 80.7 Å². The second kappa shape index (κ2) is 16.7. The van der Waals surface area contributed by atoms with Gasteiger partial charge in [-0.25, -0.2) is 0 Å². The van der Waals surface area contributed by atoms with Crippen molar-refractivity contribution in [2.24, 2.45) is 0 Å². The summed E-state index contributed by atoms with van der Waals surface area (Å²) < 4.78 is 29.6. The number of ketones is 1. The molecule has 0 saturated carbocycles. The zero-order valence-electron chi connectivity index (χ0n) is 31.6. The van der Waals surface area contributed by atoms with Gasteiger partial charge in [0.15, 0.2) is 30.7 Å². The van der Waals surface area contributed by atoms with Crippen LogP contribution in [0.3, 0.4) is 0 Å². The number of benzene rings is 1. The fourth-order valence-corrected chi connectivity index (χ4v) is 11.3. The topological polar surface area (TPSA) is 54.0 Å². The first-order valence-corrected chi connectivity index (χ1v) is 28.5. The van der Waals surface area contributed by atoms with Gasteiger partial charge in [-0.05, 0) is 90.0 Å². The van der Waals surface area contributed by atoms with E-state index >= 15 is 0 Å². The van der Waals surface area contributed by atoms with E-state index in [0.29, 0.717) is 19.6 Å². The van der Waals surface area contributed by atoms with Crippen LogP contribution in [0.15, 0.2) is 28.7 Å². The summed E-state index contributed by atoms with van der Waals surface area (Å²) in [5.41, 5.74) is 1.10. The van der Waals surface area contributed by atoms with Crippen LogP contribution in [0.25, 0.3) is 0 Å². The van der Waals surface area contributed by atoms with Crippen LogP contribution in [0, 0.1) is 0 Å². The van der Waals surface area contributed by atoms with E-state index in [4.69, 9.17) is 18.0 Å². The highest BCUT2D eigenvalue weighted by Gasteiger charge is 2.50. The molecule has 3 atom stereocenters. The van der Waals surface area contributed by atoms with Crippen molar-refractivity contribution in [3.63, 3.8) is 0 Å². The predicted molar refractivity (Wildman–Crippen MR) is 213 cm³/mol. The Kier molecular flexibility index (Phi) is 15.5. The molecule has 0 bridgehead atoms. The molecule has 0 radical (unpaired) electrons. The maximum Gasteiger partial charge on any atom is 0.192 e. The number of hydrogen-bond acceptors (Lipinski definition) is 7. The summed E-state index contributed by atoms with van der Waals surface area (Å²) in [5.74, 6) is 2.31. The standard InChI is InChI=1S/C35H65BrO5S2Si3/c1-33(2,3)44(10,11)39-29(23-28(37)32-42-21-16-22-43-32)31(41-46(14,15)35(7,8)9)30(40-45(12,13)34(4,5)6)25-38-24-26-17-19-27(36)20-18-26/h17-20,29-32H,16,21-25H2,1-15H3/t29-,30-,31+/m0/s1. The van der Waals surface area contributed by atoms with Gasteiger partial charge in [-0.15, -0.1) is 23.5 Å². The highest BCUT2D eigenvalue weighted by Crippen LogP contribution is 2.44. The Morgan fingerprint density at radius 2 is 1.20 bits per heavy atom. The van der Waals surface area contributed by atoms with Crippen molar-refractivity contribution in [3.05, 3.63) is 34.3 Å². The SMILES string of the molecule is CC(C)(C)[Si](C)(C)O[C@@H]([C@H](COCc1ccc(Br)cc1)O[Si](C)(C)C(C)(C)C)[C@H](CC(=O)C1SCCCS1)O[Si](C)(C)C(C)(C)C. The molecule has 0 aromatic heterocycles. The molecule has 266 valence electrons. The first kappa shape index (κ1) is 42.7. The molecule has 11 heteroatoms.